The van der Waals surface area contributed by atoms with Gasteiger partial charge in [0.1, 0.15) is 5.69 Å². The van der Waals surface area contributed by atoms with Crippen LogP contribution in [0.15, 0.2) is 182 Å². The predicted molar refractivity (Wildman–Crippen MR) is 196 cm³/mol. The molecule has 0 amide bonds. The fraction of sp³-hybridized carbons (Fsp3) is 0. The molecule has 0 spiro atoms. The maximum Gasteiger partial charge on any atom is 0.182 e. The van der Waals surface area contributed by atoms with E-state index >= 15 is 0 Å². The molecule has 6 aromatic carbocycles. The first-order chi connectivity index (χ1) is 23.8. The van der Waals surface area contributed by atoms with Crippen molar-refractivity contribution in [3.05, 3.63) is 182 Å². The largest absolute Gasteiger partial charge is 0.253 e. The lowest BCUT2D eigenvalue weighted by atomic mass is 9.95. The van der Waals surface area contributed by atoms with Crippen molar-refractivity contribution in [1.82, 2.24) is 19.9 Å². The monoisotopic (exact) mass is 614 g/mol. The van der Waals surface area contributed by atoms with E-state index in [1.807, 2.05) is 42.5 Å². The van der Waals surface area contributed by atoms with Gasteiger partial charge in [0.2, 0.25) is 0 Å². The van der Waals surface area contributed by atoms with Gasteiger partial charge < -0.3 is 0 Å². The van der Waals surface area contributed by atoms with Crippen LogP contribution in [0.25, 0.3) is 78.8 Å². The Morgan fingerprint density at radius 3 is 0.896 bits per heavy atom. The number of aromatic nitrogens is 4. The molecule has 4 nitrogen and oxygen atoms in total. The zero-order valence-electron chi connectivity index (χ0n) is 26.1. The quantitative estimate of drug-likeness (QED) is 0.179. The number of nitrogens with zero attached hydrogens (tertiary/aromatic N) is 4. The van der Waals surface area contributed by atoms with Gasteiger partial charge in [-0.2, -0.15) is 0 Å². The Balaban J connectivity index is 1.36. The van der Waals surface area contributed by atoms with Gasteiger partial charge in [-0.05, 0) is 93.0 Å². The molecule has 0 aliphatic heterocycles. The van der Waals surface area contributed by atoms with Crippen LogP contribution in [0.5, 0.6) is 0 Å². The van der Waals surface area contributed by atoms with Crippen LogP contribution in [0.1, 0.15) is 0 Å². The third-order valence-electron chi connectivity index (χ3n) is 8.34. The molecule has 226 valence electrons. The van der Waals surface area contributed by atoms with Crippen LogP contribution in [0.4, 0.5) is 0 Å². The molecule has 0 radical (unpaired) electrons. The van der Waals surface area contributed by atoms with Crippen LogP contribution in [-0.4, -0.2) is 19.9 Å². The molecule has 8 aromatic rings. The maximum atomic E-state index is 5.19. The molecular weight excluding hydrogens is 585 g/mol. The smallest absolute Gasteiger partial charge is 0.182 e. The van der Waals surface area contributed by atoms with Crippen LogP contribution >= 0.6 is 0 Å². The van der Waals surface area contributed by atoms with Crippen LogP contribution in [0, 0.1) is 0 Å². The summed E-state index contributed by atoms with van der Waals surface area (Å²) in [6.45, 7) is 0. The average molecular weight is 615 g/mol. The van der Waals surface area contributed by atoms with E-state index in [9.17, 15) is 0 Å². The van der Waals surface area contributed by atoms with Crippen molar-refractivity contribution in [2.75, 3.05) is 0 Å². The van der Waals surface area contributed by atoms with E-state index in [-0.39, 0.29) is 0 Å². The van der Waals surface area contributed by atoms with E-state index in [4.69, 9.17) is 15.0 Å². The fourth-order valence-corrected chi connectivity index (χ4v) is 5.95. The molecule has 0 saturated heterocycles. The highest BCUT2D eigenvalue weighted by molar-refractivity contribution is 5.82. The van der Waals surface area contributed by atoms with Gasteiger partial charge in [-0.25, -0.2) is 15.0 Å². The third-order valence-corrected chi connectivity index (χ3v) is 8.34. The highest BCUT2D eigenvalue weighted by Gasteiger charge is 2.17. The van der Waals surface area contributed by atoms with E-state index in [0.717, 1.165) is 55.6 Å². The Bertz CT molecular complexity index is 2050. The van der Waals surface area contributed by atoms with Crippen molar-refractivity contribution in [3.63, 3.8) is 0 Å². The fourth-order valence-electron chi connectivity index (χ4n) is 5.95. The number of hydrogen-bond donors (Lipinski definition) is 0. The minimum atomic E-state index is 0.522. The molecule has 0 aliphatic rings. The second kappa shape index (κ2) is 13.1. The van der Waals surface area contributed by atoms with Gasteiger partial charge in [-0.3, -0.25) is 4.98 Å². The lowest BCUT2D eigenvalue weighted by Gasteiger charge is -2.14. The number of pyridine rings is 1. The lowest BCUT2D eigenvalue weighted by Crippen LogP contribution is -2.02. The van der Waals surface area contributed by atoms with Crippen LogP contribution in [0.2, 0.25) is 0 Å². The molecule has 48 heavy (non-hydrogen) atoms. The van der Waals surface area contributed by atoms with Crippen molar-refractivity contribution in [2.45, 2.75) is 0 Å². The average Bonchev–Trinajstić information content (AvgIpc) is 3.19. The topological polar surface area (TPSA) is 51.6 Å². The summed E-state index contributed by atoms with van der Waals surface area (Å²) in [5.74, 6) is 1.69. The minimum absolute atomic E-state index is 0.522. The Morgan fingerprint density at radius 2 is 0.562 bits per heavy atom. The summed E-state index contributed by atoms with van der Waals surface area (Å²) in [4.78, 5) is 19.9. The zero-order valence-corrected chi connectivity index (χ0v) is 26.1. The number of benzene rings is 6. The Hall–Kier alpha value is -6.52. The van der Waals surface area contributed by atoms with Gasteiger partial charge in [0.25, 0.3) is 0 Å². The molecule has 8 rings (SSSR count). The van der Waals surface area contributed by atoms with Crippen molar-refractivity contribution in [1.29, 1.82) is 0 Å². The lowest BCUT2D eigenvalue weighted by molar-refractivity contribution is 1.06. The van der Waals surface area contributed by atoms with Gasteiger partial charge in [0.15, 0.2) is 17.5 Å². The third kappa shape index (κ3) is 6.15. The molecule has 0 bridgehead atoms. The summed E-state index contributed by atoms with van der Waals surface area (Å²) in [6.07, 6.45) is 1.77. The van der Waals surface area contributed by atoms with Crippen LogP contribution in [0.3, 0.4) is 0 Å². The van der Waals surface area contributed by atoms with Gasteiger partial charge in [0, 0.05) is 17.3 Å². The summed E-state index contributed by atoms with van der Waals surface area (Å²) in [6, 6.07) is 60.6. The number of rotatable bonds is 7. The first-order valence-electron chi connectivity index (χ1n) is 16.0. The predicted octanol–water partition coefficient (Wildman–Crippen LogP) is 10.9. The summed E-state index contributed by atoms with van der Waals surface area (Å²) in [5.41, 5.74) is 11.3. The van der Waals surface area contributed by atoms with Crippen LogP contribution in [-0.2, 0) is 0 Å². The molecule has 0 atom stereocenters. The molecule has 2 aromatic heterocycles. The molecule has 0 N–H and O–H groups in total. The second-order valence-electron chi connectivity index (χ2n) is 11.6. The Kier molecular flexibility index (Phi) is 7.87. The highest BCUT2D eigenvalue weighted by atomic mass is 15.0. The highest BCUT2D eigenvalue weighted by Crippen LogP contribution is 2.35. The van der Waals surface area contributed by atoms with Gasteiger partial charge in [-0.1, -0.05) is 127 Å². The molecule has 2 heterocycles. The van der Waals surface area contributed by atoms with E-state index in [0.29, 0.717) is 23.2 Å². The van der Waals surface area contributed by atoms with Gasteiger partial charge in [0.05, 0.1) is 0 Å². The van der Waals surface area contributed by atoms with E-state index < -0.39 is 0 Å². The van der Waals surface area contributed by atoms with E-state index in [1.165, 1.54) is 0 Å². The van der Waals surface area contributed by atoms with Crippen molar-refractivity contribution in [2.24, 2.45) is 0 Å². The van der Waals surface area contributed by atoms with Crippen molar-refractivity contribution in [3.8, 4) is 78.8 Å². The Labute approximate surface area is 280 Å². The summed E-state index contributed by atoms with van der Waals surface area (Å²) in [5, 5.41) is 0. The molecule has 0 unspecified atom stereocenters. The number of hydrogen-bond acceptors (Lipinski definition) is 4. The maximum absolute atomic E-state index is 5.19. The minimum Gasteiger partial charge on any atom is -0.253 e. The second-order valence-corrected chi connectivity index (χ2v) is 11.6. The molecule has 0 aliphatic carbocycles. The summed E-state index contributed by atoms with van der Waals surface area (Å²) < 4.78 is 0. The van der Waals surface area contributed by atoms with E-state index in [1.54, 1.807) is 6.20 Å². The van der Waals surface area contributed by atoms with Crippen molar-refractivity contribution >= 4 is 0 Å². The SMILES string of the molecule is c1ccc(-c2cc(-c3ccccc3)cc(-c3nc(-c4cc(-c5ccccc5)cc(-c5ccccc5)c4)nc(-c4ccccn4)n3)c2)cc1. The summed E-state index contributed by atoms with van der Waals surface area (Å²) in [7, 11) is 0. The standard InChI is InChI=1S/C44H30N4/c1-5-15-31(16-6-1)35-25-36(32-17-7-2-8-18-32)28-39(27-35)42-46-43(48-44(47-42)41-23-13-14-24-45-41)40-29-37(33-19-9-3-10-20-33)26-38(30-40)34-21-11-4-12-22-34/h1-30H. The molecular formula is C44H30N4. The van der Waals surface area contributed by atoms with E-state index in [2.05, 4.69) is 138 Å². The first-order valence-corrected chi connectivity index (χ1v) is 16.0. The molecule has 0 fully saturated rings. The van der Waals surface area contributed by atoms with Crippen molar-refractivity contribution < 1.29 is 0 Å². The van der Waals surface area contributed by atoms with Gasteiger partial charge >= 0.3 is 0 Å². The molecule has 4 heteroatoms. The Morgan fingerprint density at radius 1 is 0.250 bits per heavy atom. The van der Waals surface area contributed by atoms with Gasteiger partial charge in [-0.15, -0.1) is 0 Å². The molecule has 0 saturated carbocycles. The van der Waals surface area contributed by atoms with Crippen LogP contribution < -0.4 is 0 Å². The summed E-state index contributed by atoms with van der Waals surface area (Å²) >= 11 is 0. The normalized spacial score (nSPS) is 10.9. The zero-order chi connectivity index (χ0) is 32.1. The first kappa shape index (κ1) is 28.9.